The summed E-state index contributed by atoms with van der Waals surface area (Å²) in [7, 11) is 0. The smallest absolute Gasteiger partial charge is 0.339 e. The average molecular weight is 943 g/mol. The zero-order valence-electron chi connectivity index (χ0n) is 37.8. The number of carbonyl (C=O) groups is 4. The molecule has 0 amide bonds. The minimum absolute atomic E-state index is 0.0202. The van der Waals surface area contributed by atoms with E-state index in [1.807, 2.05) is 13.8 Å². The molecule has 2 aliphatic carbocycles. The third-order valence-corrected chi connectivity index (χ3v) is 14.3. The van der Waals surface area contributed by atoms with Gasteiger partial charge in [0.2, 0.25) is 11.6 Å². The van der Waals surface area contributed by atoms with Gasteiger partial charge in [-0.25, -0.2) is 9.59 Å². The molecule has 8 aromatic carbocycles. The molecular weight excluding hydrogens is 897 g/mol. The maximum absolute atomic E-state index is 14.9. The lowest BCUT2D eigenvalue weighted by atomic mass is 9.63. The molecule has 8 aromatic rings. The number of hydrogen-bond donors (Lipinski definition) is 10. The van der Waals surface area contributed by atoms with Gasteiger partial charge < -0.3 is 51.1 Å². The molecule has 2 aliphatic rings. The number of carbonyl (C=O) groups excluding carboxylic acids is 2. The molecule has 0 fully saturated rings. The molecule has 0 heterocycles. The van der Waals surface area contributed by atoms with E-state index in [1.54, 1.807) is 24.3 Å². The fourth-order valence-corrected chi connectivity index (χ4v) is 11.4. The minimum Gasteiger partial charge on any atom is -0.508 e. The number of carboxylic acids is 2. The van der Waals surface area contributed by atoms with Crippen LogP contribution in [-0.2, 0) is 12.8 Å². The number of aryl methyl sites for hydroxylation is 2. The van der Waals surface area contributed by atoms with Gasteiger partial charge in [0.05, 0.1) is 22.3 Å². The summed E-state index contributed by atoms with van der Waals surface area (Å²) >= 11 is 0. The van der Waals surface area contributed by atoms with Crippen molar-refractivity contribution < 1.29 is 70.2 Å². The first-order valence-corrected chi connectivity index (χ1v) is 23.1. The number of hydrogen-bond acceptors (Lipinski definition) is 12. The highest BCUT2D eigenvalue weighted by molar-refractivity contribution is 6.25. The van der Waals surface area contributed by atoms with Crippen LogP contribution in [0.5, 0.6) is 46.0 Å². The molecule has 0 saturated carbocycles. The van der Waals surface area contributed by atoms with Crippen LogP contribution in [0.3, 0.4) is 0 Å². The third-order valence-electron chi connectivity index (χ3n) is 14.3. The predicted octanol–water partition coefficient (Wildman–Crippen LogP) is 10.9. The van der Waals surface area contributed by atoms with Gasteiger partial charge in [-0.05, 0) is 129 Å². The van der Waals surface area contributed by atoms with Crippen molar-refractivity contribution in [3.63, 3.8) is 0 Å². The second kappa shape index (κ2) is 16.6. The molecule has 14 heteroatoms. The fourth-order valence-electron chi connectivity index (χ4n) is 11.4. The predicted molar refractivity (Wildman–Crippen MR) is 260 cm³/mol. The van der Waals surface area contributed by atoms with E-state index in [0.717, 1.165) is 37.8 Å². The lowest BCUT2D eigenvalue weighted by Gasteiger charge is -2.39. The zero-order chi connectivity index (χ0) is 49.8. The van der Waals surface area contributed by atoms with Gasteiger partial charge in [-0.1, -0.05) is 51.7 Å². The van der Waals surface area contributed by atoms with Gasteiger partial charge in [-0.3, -0.25) is 9.59 Å². The van der Waals surface area contributed by atoms with Crippen molar-refractivity contribution in [1.82, 2.24) is 0 Å². The Balaban J connectivity index is 1.35. The number of unbranched alkanes of at least 4 members (excludes halogenated alkanes) is 4. The Morgan fingerprint density at radius 1 is 0.443 bits per heavy atom. The second-order valence-electron chi connectivity index (χ2n) is 18.4. The van der Waals surface area contributed by atoms with E-state index < -0.39 is 81.3 Å². The van der Waals surface area contributed by atoms with E-state index in [4.69, 9.17) is 0 Å². The molecule has 0 aliphatic heterocycles. The first kappa shape index (κ1) is 45.3. The van der Waals surface area contributed by atoms with Crippen molar-refractivity contribution in [3.8, 4) is 46.0 Å². The first-order chi connectivity index (χ1) is 33.5. The molecule has 0 aromatic heterocycles. The molecule has 10 rings (SSSR count). The molecular formula is C56H46O14. The fraction of sp³-hybridized carbons (Fsp3) is 0.214. The monoisotopic (exact) mass is 942 g/mol. The molecule has 70 heavy (non-hydrogen) atoms. The third kappa shape index (κ3) is 6.61. The Bertz CT molecular complexity index is 3440. The number of rotatable bonds is 11. The SMILES string of the molecule is CCCCCc1cc2ccc3c(O)c4c(cc3c2c(O)c1C(=O)O)[C@H]([C@H]1c2cc(O)cc(O)c2C(=O)c2c1cc1c(ccc3cc(CCCCC)c(C(=O)O)c(O)c31)c2O)c1cc(O)cc(O)c1C4=O. The highest BCUT2D eigenvalue weighted by atomic mass is 16.4. The van der Waals surface area contributed by atoms with Gasteiger partial charge in [0.1, 0.15) is 57.1 Å². The summed E-state index contributed by atoms with van der Waals surface area (Å²) in [5, 5.41) is 116. The molecule has 2 atom stereocenters. The summed E-state index contributed by atoms with van der Waals surface area (Å²) in [5.74, 6) is -12.2. The largest absolute Gasteiger partial charge is 0.508 e. The van der Waals surface area contributed by atoms with E-state index >= 15 is 0 Å². The van der Waals surface area contributed by atoms with E-state index in [0.29, 0.717) is 47.6 Å². The lowest BCUT2D eigenvalue weighted by Crippen LogP contribution is -2.29. The summed E-state index contributed by atoms with van der Waals surface area (Å²) in [6, 6.07) is 16.7. The summed E-state index contributed by atoms with van der Waals surface area (Å²) < 4.78 is 0. The molecule has 0 saturated heterocycles. The lowest BCUT2D eigenvalue weighted by molar-refractivity contribution is 0.0681. The maximum atomic E-state index is 14.9. The van der Waals surface area contributed by atoms with E-state index in [9.17, 15) is 70.2 Å². The van der Waals surface area contributed by atoms with Gasteiger partial charge in [0, 0.05) is 45.5 Å². The van der Waals surface area contributed by atoms with Crippen LogP contribution < -0.4 is 0 Å². The number of carboxylic acid groups (broad SMARTS) is 2. The second-order valence-corrected chi connectivity index (χ2v) is 18.4. The Hall–Kier alpha value is -8.52. The summed E-state index contributed by atoms with van der Waals surface area (Å²) in [4.78, 5) is 55.5. The van der Waals surface area contributed by atoms with Crippen LogP contribution in [0.1, 0.15) is 150 Å². The first-order valence-electron chi connectivity index (χ1n) is 23.1. The number of fused-ring (bicyclic) bond motifs is 10. The van der Waals surface area contributed by atoms with Crippen molar-refractivity contribution in [2.45, 2.75) is 77.0 Å². The van der Waals surface area contributed by atoms with Gasteiger partial charge in [-0.2, -0.15) is 0 Å². The topological polar surface area (TPSA) is 271 Å². The molecule has 0 spiro atoms. The van der Waals surface area contributed by atoms with Crippen LogP contribution in [-0.4, -0.2) is 74.6 Å². The number of phenols is 8. The molecule has 10 N–H and O–H groups in total. The maximum Gasteiger partial charge on any atom is 0.339 e. The molecule has 14 nitrogen and oxygen atoms in total. The van der Waals surface area contributed by atoms with Crippen LogP contribution in [0.4, 0.5) is 0 Å². The van der Waals surface area contributed by atoms with Crippen molar-refractivity contribution in [3.05, 3.63) is 140 Å². The summed E-state index contributed by atoms with van der Waals surface area (Å²) in [6.07, 6.45) is 5.31. The van der Waals surface area contributed by atoms with E-state index in [1.165, 1.54) is 36.4 Å². The Morgan fingerprint density at radius 3 is 1.17 bits per heavy atom. The number of phenolic OH excluding ortho intramolecular Hbond substituents is 6. The van der Waals surface area contributed by atoms with Gasteiger partial charge >= 0.3 is 11.9 Å². The molecule has 0 unspecified atom stereocenters. The average Bonchev–Trinajstić information content (AvgIpc) is 3.28. The van der Waals surface area contributed by atoms with Gasteiger partial charge in [0.15, 0.2) is 0 Å². The quantitative estimate of drug-likeness (QED) is 0.0427. The molecule has 0 radical (unpaired) electrons. The van der Waals surface area contributed by atoms with E-state index in [2.05, 4.69) is 0 Å². The van der Waals surface area contributed by atoms with Crippen molar-refractivity contribution in [1.29, 1.82) is 0 Å². The van der Waals surface area contributed by atoms with Crippen LogP contribution in [0.2, 0.25) is 0 Å². The minimum atomic E-state index is -1.41. The Labute approximate surface area is 398 Å². The molecule has 354 valence electrons. The van der Waals surface area contributed by atoms with Crippen LogP contribution >= 0.6 is 0 Å². The summed E-state index contributed by atoms with van der Waals surface area (Å²) in [6.45, 7) is 4.00. The van der Waals surface area contributed by atoms with Crippen LogP contribution in [0.25, 0.3) is 43.1 Å². The summed E-state index contributed by atoms with van der Waals surface area (Å²) in [5.41, 5.74) is -1.52. The van der Waals surface area contributed by atoms with Crippen molar-refractivity contribution in [2.24, 2.45) is 0 Å². The zero-order valence-corrected chi connectivity index (χ0v) is 37.8. The standard InChI is InChI=1S/C56H46O14/c1-3-5-7-9-23-15-25-11-13-29-31(39(25)51(63)41(23)55(67)68)21-35-43(33-17-27(57)19-37(59)45(33)53(65)47(35)49(29)61)44-34-18-28(58)20-38(60)46(34)54(66)48-36(44)22-32-30(50(48)62)14-12-26-16-24(10-8-6-4-2)42(56(69)70)52(64)40(26)32/h11-22,43-44,57-64H,3-10H2,1-2H3,(H,67,68)(H,69,70)/t43-,44+. The van der Waals surface area contributed by atoms with Crippen LogP contribution in [0, 0.1) is 0 Å². The van der Waals surface area contributed by atoms with Gasteiger partial charge in [0.25, 0.3) is 0 Å². The highest BCUT2D eigenvalue weighted by Gasteiger charge is 2.47. The van der Waals surface area contributed by atoms with Crippen molar-refractivity contribution in [2.75, 3.05) is 0 Å². The van der Waals surface area contributed by atoms with Crippen molar-refractivity contribution >= 4 is 66.6 Å². The number of ketones is 2. The number of aromatic carboxylic acids is 2. The molecule has 0 bridgehead atoms. The number of benzene rings is 8. The van der Waals surface area contributed by atoms with E-state index in [-0.39, 0.29) is 88.0 Å². The van der Waals surface area contributed by atoms with Gasteiger partial charge in [-0.15, -0.1) is 0 Å². The van der Waals surface area contributed by atoms with Crippen LogP contribution in [0.15, 0.2) is 72.8 Å². The Kier molecular flexibility index (Phi) is 10.7. The number of aromatic hydroxyl groups is 8. The highest BCUT2D eigenvalue weighted by Crippen LogP contribution is 2.59. The Morgan fingerprint density at radius 2 is 0.814 bits per heavy atom. The normalized spacial score (nSPS) is 15.1.